The van der Waals surface area contributed by atoms with Crippen LogP contribution in [0.25, 0.3) is 124 Å². The van der Waals surface area contributed by atoms with Crippen molar-refractivity contribution in [1.82, 2.24) is 19.9 Å². The highest BCUT2D eigenvalue weighted by Crippen LogP contribution is 2.38. The summed E-state index contributed by atoms with van der Waals surface area (Å²) in [5, 5.41) is 0. The standard InChI is InChI=1S/C26H29N2O.C21H19N2O.C20H17N2O.C14H13N2O/c1-16(2)19-12-9-13-20(17(3)4)24(19)25-27-22-14-15-23(28(6)26(22)29-25)21-11-8-7-10-18(21)5;1-14-8-10-16(11-9-14)20-22-18-12-13-19(23(3)21(18)24-20)17-7-5-4-6-15(17)2;1-14-8-6-7-11-16(14)18-13-12-17-20(22(18)2)23-19(21-17)15-9-4-3-5-10-15;1-10-5-3-4-6-11(10)13-7-12-14(8-16(13)2)17-9-15-12/h7-17H,1-6H3;4-13H,1-3H3;3-13H,1-2H3;3-9H,1-2H3/q4*+1. The minimum absolute atomic E-state index is 0.398. The van der Waals surface area contributed by atoms with Crippen LogP contribution >= 0.6 is 0 Å². The zero-order valence-corrected chi connectivity index (χ0v) is 55.2. The molecule has 0 atom stereocenters. The predicted molar refractivity (Wildman–Crippen MR) is 371 cm³/mol. The quantitative estimate of drug-likeness (QED) is 0.131. The first-order valence-corrected chi connectivity index (χ1v) is 31.6. The van der Waals surface area contributed by atoms with Crippen LogP contribution in [0, 0.1) is 34.6 Å². The van der Waals surface area contributed by atoms with Gasteiger partial charge < -0.3 is 17.7 Å². The fourth-order valence-corrected chi connectivity index (χ4v) is 12.1. The summed E-state index contributed by atoms with van der Waals surface area (Å²) in [6.07, 6.45) is 3.44. The number of fused-ring (bicyclic) bond motifs is 4. The highest BCUT2D eigenvalue weighted by atomic mass is 16.4. The van der Waals surface area contributed by atoms with Gasteiger partial charge in [0.25, 0.3) is 0 Å². The van der Waals surface area contributed by atoms with Crippen LogP contribution in [-0.2, 0) is 28.2 Å². The zero-order valence-electron chi connectivity index (χ0n) is 55.2. The van der Waals surface area contributed by atoms with Crippen LogP contribution in [0.5, 0.6) is 0 Å². The van der Waals surface area contributed by atoms with Crippen molar-refractivity contribution in [2.24, 2.45) is 28.2 Å². The molecule has 15 rings (SSSR count). The molecule has 0 aliphatic carbocycles. The highest BCUT2D eigenvalue weighted by Gasteiger charge is 2.27. The van der Waals surface area contributed by atoms with Gasteiger partial charge in [0, 0.05) is 63.2 Å². The SMILES string of the molecule is Cc1ccc(-c2nc3ccc(-c4ccccc4C)[n+](C)c3o2)cc1.Cc1ccccc1-c1cc2ncoc2c[n+]1C.Cc1ccccc1-c1ccc2nc(-c3c(C(C)C)cccc3C(C)C)oc2[n+]1C.Cc1ccccc1-c1ccc2nc(-c3ccccc3)oc2[n+]1C. The van der Waals surface area contributed by atoms with Gasteiger partial charge in [-0.3, -0.25) is 0 Å². The van der Waals surface area contributed by atoms with E-state index in [2.05, 4.69) is 254 Å². The molecule has 0 amide bonds. The van der Waals surface area contributed by atoms with Gasteiger partial charge in [-0.15, -0.1) is 0 Å². The van der Waals surface area contributed by atoms with Gasteiger partial charge in [0.15, 0.2) is 22.9 Å². The van der Waals surface area contributed by atoms with E-state index < -0.39 is 0 Å². The minimum Gasteiger partial charge on any atom is -0.437 e. The van der Waals surface area contributed by atoms with Crippen molar-refractivity contribution in [3.8, 4) is 79.4 Å². The van der Waals surface area contributed by atoms with Gasteiger partial charge in [-0.25, -0.2) is 19.9 Å². The lowest BCUT2D eigenvalue weighted by atomic mass is 9.88. The molecular formula is C81H78N8O4+4. The zero-order chi connectivity index (χ0) is 65.0. The summed E-state index contributed by atoms with van der Waals surface area (Å²) in [6, 6.07) is 72.8. The van der Waals surface area contributed by atoms with Crippen LogP contribution in [0.2, 0.25) is 0 Å². The van der Waals surface area contributed by atoms with Crippen LogP contribution in [0.3, 0.4) is 0 Å². The molecule has 0 spiro atoms. The molecule has 0 N–H and O–H groups in total. The summed E-state index contributed by atoms with van der Waals surface area (Å²) in [5.41, 5.74) is 27.9. The second-order valence-electron chi connectivity index (χ2n) is 24.4. The number of pyridine rings is 4. The maximum atomic E-state index is 6.42. The van der Waals surface area contributed by atoms with Crippen molar-refractivity contribution >= 4 is 44.8 Å². The first-order valence-electron chi connectivity index (χ1n) is 31.6. The van der Waals surface area contributed by atoms with E-state index in [4.69, 9.17) is 22.7 Å². The van der Waals surface area contributed by atoms with Crippen LogP contribution in [0.4, 0.5) is 0 Å². The van der Waals surface area contributed by atoms with Crippen molar-refractivity contribution in [2.75, 3.05) is 0 Å². The van der Waals surface area contributed by atoms with E-state index in [0.717, 1.165) is 84.3 Å². The predicted octanol–water partition coefficient (Wildman–Crippen LogP) is 18.1. The Morgan fingerprint density at radius 1 is 0.355 bits per heavy atom. The molecule has 0 unspecified atom stereocenters. The summed E-state index contributed by atoms with van der Waals surface area (Å²) in [5.74, 6) is 2.82. The lowest BCUT2D eigenvalue weighted by Gasteiger charge is -2.16. The van der Waals surface area contributed by atoms with Crippen LogP contribution < -0.4 is 18.3 Å². The van der Waals surface area contributed by atoms with E-state index in [0.29, 0.717) is 29.5 Å². The highest BCUT2D eigenvalue weighted by molar-refractivity contribution is 5.79. The number of hydrogen-bond donors (Lipinski definition) is 0. The van der Waals surface area contributed by atoms with Gasteiger partial charge in [-0.05, 0) is 147 Å². The molecule has 0 bridgehead atoms. The Bertz CT molecular complexity index is 5140. The number of aryl methyl sites for hydroxylation is 9. The number of nitrogens with zero attached hydrogens (tertiary/aromatic N) is 8. The normalized spacial score (nSPS) is 11.3. The summed E-state index contributed by atoms with van der Waals surface area (Å²) in [7, 11) is 8.11. The van der Waals surface area contributed by atoms with Crippen molar-refractivity contribution in [3.63, 3.8) is 0 Å². The fourth-order valence-electron chi connectivity index (χ4n) is 12.1. The van der Waals surface area contributed by atoms with Gasteiger partial charge in [-0.1, -0.05) is 155 Å². The molecule has 0 saturated carbocycles. The Balaban J connectivity index is 0.000000121. The summed E-state index contributed by atoms with van der Waals surface area (Å²) >= 11 is 0. The van der Waals surface area contributed by atoms with Crippen LogP contribution in [-0.4, -0.2) is 19.9 Å². The largest absolute Gasteiger partial charge is 0.437 e. The van der Waals surface area contributed by atoms with E-state index in [1.165, 1.54) is 67.6 Å². The number of benzene rings is 7. The Morgan fingerprint density at radius 2 is 0.731 bits per heavy atom. The third-order valence-electron chi connectivity index (χ3n) is 17.3. The molecule has 8 aromatic heterocycles. The second kappa shape index (κ2) is 26.8. The number of hydrogen-bond acceptors (Lipinski definition) is 8. The van der Waals surface area contributed by atoms with E-state index in [9.17, 15) is 0 Å². The molecule has 0 aliphatic rings. The average molecular weight is 1230 g/mol. The van der Waals surface area contributed by atoms with E-state index in [1.807, 2.05) is 88.0 Å². The van der Waals surface area contributed by atoms with Gasteiger partial charge >= 0.3 is 17.1 Å². The molecule has 12 nitrogen and oxygen atoms in total. The topological polar surface area (TPSA) is 120 Å². The molecule has 0 radical (unpaired) electrons. The maximum absolute atomic E-state index is 6.42. The van der Waals surface area contributed by atoms with Crippen molar-refractivity contribution in [3.05, 3.63) is 264 Å². The van der Waals surface area contributed by atoms with Gasteiger partial charge in [-0.2, -0.15) is 18.3 Å². The van der Waals surface area contributed by atoms with Crippen molar-refractivity contribution in [2.45, 2.75) is 74.1 Å². The molecule has 12 heteroatoms. The summed E-state index contributed by atoms with van der Waals surface area (Å²) in [4.78, 5) is 18.4. The van der Waals surface area contributed by atoms with Gasteiger partial charge in [0.1, 0.15) is 33.7 Å². The Labute approximate surface area is 543 Å². The third-order valence-corrected chi connectivity index (χ3v) is 17.3. The monoisotopic (exact) mass is 1230 g/mol. The fraction of sp³-hybridized carbons (Fsp3) is 0.185. The third kappa shape index (κ3) is 12.9. The molecule has 0 saturated heterocycles. The Morgan fingerprint density at radius 3 is 1.15 bits per heavy atom. The first-order chi connectivity index (χ1) is 45.0. The Hall–Kier alpha value is -11.0. The van der Waals surface area contributed by atoms with Gasteiger partial charge in [0.2, 0.25) is 52.2 Å². The van der Waals surface area contributed by atoms with E-state index in [1.54, 1.807) is 0 Å². The molecule has 93 heavy (non-hydrogen) atoms. The molecule has 0 fully saturated rings. The van der Waals surface area contributed by atoms with Crippen molar-refractivity contribution < 1.29 is 35.9 Å². The molecule has 7 aromatic carbocycles. The number of rotatable bonds is 9. The first kappa shape index (κ1) is 62.2. The minimum atomic E-state index is 0.398. The average Bonchev–Trinajstić information content (AvgIpc) is 1.69. The number of oxazole rings is 4. The summed E-state index contributed by atoms with van der Waals surface area (Å²) in [6.45, 7) is 19.5. The molecule has 462 valence electrons. The van der Waals surface area contributed by atoms with Crippen LogP contribution in [0.1, 0.15) is 78.5 Å². The molecular weight excluding hydrogens is 1150 g/mol. The maximum Gasteiger partial charge on any atom is 0.401 e. The van der Waals surface area contributed by atoms with Crippen LogP contribution in [0.15, 0.2) is 243 Å². The Kier molecular flexibility index (Phi) is 18.0. The smallest absolute Gasteiger partial charge is 0.401 e. The molecule has 8 heterocycles. The summed E-state index contributed by atoms with van der Waals surface area (Å²) < 4.78 is 32.1. The molecule has 15 aromatic rings. The number of aromatic nitrogens is 8. The van der Waals surface area contributed by atoms with Crippen molar-refractivity contribution in [1.29, 1.82) is 0 Å². The van der Waals surface area contributed by atoms with E-state index >= 15 is 0 Å². The molecule has 0 aliphatic heterocycles. The lowest BCUT2D eigenvalue weighted by Crippen LogP contribution is -2.31. The second-order valence-corrected chi connectivity index (χ2v) is 24.4. The lowest BCUT2D eigenvalue weighted by molar-refractivity contribution is -0.659. The van der Waals surface area contributed by atoms with E-state index in [-0.39, 0.29) is 0 Å². The van der Waals surface area contributed by atoms with Gasteiger partial charge in [0.05, 0.1) is 0 Å².